The summed E-state index contributed by atoms with van der Waals surface area (Å²) in [5.74, 6) is -1.72. The van der Waals surface area contributed by atoms with E-state index >= 15 is 0 Å². The van der Waals surface area contributed by atoms with Gasteiger partial charge in [-0.2, -0.15) is 0 Å². The summed E-state index contributed by atoms with van der Waals surface area (Å²) < 4.78 is 4.89. The van der Waals surface area contributed by atoms with Gasteiger partial charge in [-0.1, -0.05) is 25.7 Å². The van der Waals surface area contributed by atoms with Crippen LogP contribution in [0.15, 0.2) is 24.3 Å². The van der Waals surface area contributed by atoms with Crippen molar-refractivity contribution in [1.29, 1.82) is 0 Å². The van der Waals surface area contributed by atoms with Gasteiger partial charge >= 0.3 is 17.8 Å². The number of anilines is 1. The zero-order valence-electron chi connectivity index (χ0n) is 14.0. The van der Waals surface area contributed by atoms with Gasteiger partial charge in [-0.25, -0.2) is 4.79 Å². The Labute approximate surface area is 142 Å². The van der Waals surface area contributed by atoms with E-state index in [0.29, 0.717) is 17.9 Å². The highest BCUT2D eigenvalue weighted by molar-refractivity contribution is 6.39. The van der Waals surface area contributed by atoms with Crippen LogP contribution in [-0.4, -0.2) is 30.4 Å². The van der Waals surface area contributed by atoms with Crippen molar-refractivity contribution in [1.82, 2.24) is 5.32 Å². The van der Waals surface area contributed by atoms with Crippen molar-refractivity contribution in [2.24, 2.45) is 0 Å². The SMILES string of the molecule is CCOC(=O)c1ccc(NC(=O)C(=O)NC2CCCCCC2)cc1. The highest BCUT2D eigenvalue weighted by atomic mass is 16.5. The molecule has 24 heavy (non-hydrogen) atoms. The molecule has 1 fully saturated rings. The Bertz CT molecular complexity index is 575. The second kappa shape index (κ2) is 9.05. The molecule has 1 aromatic rings. The van der Waals surface area contributed by atoms with Gasteiger partial charge in [0.1, 0.15) is 0 Å². The van der Waals surface area contributed by atoms with Gasteiger partial charge in [0.25, 0.3) is 0 Å². The van der Waals surface area contributed by atoms with Crippen LogP contribution in [0, 0.1) is 0 Å². The summed E-state index contributed by atoms with van der Waals surface area (Å²) in [5.41, 5.74) is 0.863. The first-order valence-corrected chi connectivity index (χ1v) is 8.49. The molecule has 1 aliphatic rings. The predicted octanol–water partition coefficient (Wildman–Crippen LogP) is 2.64. The third-order valence-corrected chi connectivity index (χ3v) is 4.05. The predicted molar refractivity (Wildman–Crippen MR) is 90.7 cm³/mol. The molecule has 1 aliphatic carbocycles. The van der Waals surface area contributed by atoms with Crippen LogP contribution >= 0.6 is 0 Å². The maximum absolute atomic E-state index is 12.0. The molecule has 2 amide bonds. The third-order valence-electron chi connectivity index (χ3n) is 4.05. The minimum atomic E-state index is -0.692. The van der Waals surface area contributed by atoms with E-state index in [0.717, 1.165) is 25.7 Å². The van der Waals surface area contributed by atoms with Crippen LogP contribution in [0.5, 0.6) is 0 Å². The van der Waals surface area contributed by atoms with Gasteiger partial charge in [0, 0.05) is 11.7 Å². The standard InChI is InChI=1S/C18H24N2O4/c1-2-24-18(23)13-9-11-15(12-10-13)20-17(22)16(21)19-14-7-5-3-4-6-8-14/h9-12,14H,2-8H2,1H3,(H,19,21)(H,20,22). The fraction of sp³-hybridized carbons (Fsp3) is 0.500. The molecule has 130 valence electrons. The molecule has 0 saturated heterocycles. The van der Waals surface area contributed by atoms with Gasteiger partial charge in [-0.15, -0.1) is 0 Å². The summed E-state index contributed by atoms with van der Waals surface area (Å²) in [5, 5.41) is 5.34. The first kappa shape index (κ1) is 18.0. The van der Waals surface area contributed by atoms with Crippen LogP contribution in [0.4, 0.5) is 5.69 Å². The van der Waals surface area contributed by atoms with Crippen molar-refractivity contribution in [3.05, 3.63) is 29.8 Å². The number of esters is 1. The molecule has 0 heterocycles. The topological polar surface area (TPSA) is 84.5 Å². The van der Waals surface area contributed by atoms with Gasteiger partial charge < -0.3 is 15.4 Å². The van der Waals surface area contributed by atoms with Gasteiger partial charge in [-0.3, -0.25) is 9.59 Å². The molecule has 0 spiro atoms. The average molecular weight is 332 g/mol. The summed E-state index contributed by atoms with van der Waals surface area (Å²) in [7, 11) is 0. The zero-order chi connectivity index (χ0) is 17.4. The molecule has 1 saturated carbocycles. The molecule has 2 N–H and O–H groups in total. The molecule has 0 radical (unpaired) electrons. The molecule has 0 bridgehead atoms. The maximum Gasteiger partial charge on any atom is 0.338 e. The fourth-order valence-corrected chi connectivity index (χ4v) is 2.77. The van der Waals surface area contributed by atoms with E-state index < -0.39 is 17.8 Å². The number of carbonyl (C=O) groups is 3. The Morgan fingerprint density at radius 1 is 1.00 bits per heavy atom. The Hall–Kier alpha value is -2.37. The van der Waals surface area contributed by atoms with Gasteiger partial charge in [0.2, 0.25) is 0 Å². The highest BCUT2D eigenvalue weighted by Gasteiger charge is 2.20. The van der Waals surface area contributed by atoms with Crippen molar-refractivity contribution < 1.29 is 19.1 Å². The smallest absolute Gasteiger partial charge is 0.338 e. The number of benzene rings is 1. The molecule has 0 aliphatic heterocycles. The molecule has 1 aromatic carbocycles. The van der Waals surface area contributed by atoms with Crippen LogP contribution in [0.25, 0.3) is 0 Å². The molecular weight excluding hydrogens is 308 g/mol. The lowest BCUT2D eigenvalue weighted by Gasteiger charge is -2.15. The number of rotatable bonds is 4. The number of ether oxygens (including phenoxy) is 1. The molecule has 0 atom stereocenters. The average Bonchev–Trinajstić information content (AvgIpc) is 2.84. The summed E-state index contributed by atoms with van der Waals surface area (Å²) in [6.45, 7) is 2.04. The van der Waals surface area contributed by atoms with E-state index in [1.165, 1.54) is 12.8 Å². The third kappa shape index (κ3) is 5.37. The molecular formula is C18H24N2O4. The van der Waals surface area contributed by atoms with Gasteiger partial charge in [-0.05, 0) is 44.0 Å². The Kier molecular flexibility index (Phi) is 6.78. The van der Waals surface area contributed by atoms with Gasteiger partial charge in [0.15, 0.2) is 0 Å². The molecule has 6 nitrogen and oxygen atoms in total. The highest BCUT2D eigenvalue weighted by Crippen LogP contribution is 2.17. The summed E-state index contributed by atoms with van der Waals surface area (Å²) >= 11 is 0. The first-order valence-electron chi connectivity index (χ1n) is 8.49. The number of hydrogen-bond acceptors (Lipinski definition) is 4. The van der Waals surface area contributed by atoms with E-state index in [-0.39, 0.29) is 6.04 Å². The van der Waals surface area contributed by atoms with E-state index in [4.69, 9.17) is 4.74 Å². The number of hydrogen-bond donors (Lipinski definition) is 2. The monoisotopic (exact) mass is 332 g/mol. The summed E-state index contributed by atoms with van der Waals surface area (Å²) in [6.07, 6.45) is 6.39. The summed E-state index contributed by atoms with van der Waals surface area (Å²) in [6, 6.07) is 6.33. The van der Waals surface area contributed by atoms with Crippen LogP contribution < -0.4 is 10.6 Å². The van der Waals surface area contributed by atoms with E-state index in [2.05, 4.69) is 10.6 Å². The van der Waals surface area contributed by atoms with E-state index in [1.807, 2.05) is 0 Å². The fourth-order valence-electron chi connectivity index (χ4n) is 2.77. The molecule has 0 unspecified atom stereocenters. The zero-order valence-corrected chi connectivity index (χ0v) is 14.0. The van der Waals surface area contributed by atoms with Crippen molar-refractivity contribution in [3.63, 3.8) is 0 Å². The Morgan fingerprint density at radius 3 is 2.21 bits per heavy atom. The van der Waals surface area contributed by atoms with Gasteiger partial charge in [0.05, 0.1) is 12.2 Å². The number of amides is 2. The lowest BCUT2D eigenvalue weighted by molar-refractivity contribution is -0.136. The van der Waals surface area contributed by atoms with Crippen LogP contribution in [0.2, 0.25) is 0 Å². The minimum absolute atomic E-state index is 0.0805. The Morgan fingerprint density at radius 2 is 1.62 bits per heavy atom. The van der Waals surface area contributed by atoms with E-state index in [9.17, 15) is 14.4 Å². The van der Waals surface area contributed by atoms with Crippen molar-refractivity contribution in [2.45, 2.75) is 51.5 Å². The lowest BCUT2D eigenvalue weighted by Crippen LogP contribution is -2.41. The second-order valence-corrected chi connectivity index (χ2v) is 5.91. The number of carbonyl (C=O) groups excluding carboxylic acids is 3. The van der Waals surface area contributed by atoms with E-state index in [1.54, 1.807) is 31.2 Å². The van der Waals surface area contributed by atoms with Crippen molar-refractivity contribution >= 4 is 23.5 Å². The van der Waals surface area contributed by atoms with Crippen molar-refractivity contribution in [2.75, 3.05) is 11.9 Å². The lowest BCUT2D eigenvalue weighted by atomic mass is 10.1. The molecule has 0 aromatic heterocycles. The first-order chi connectivity index (χ1) is 11.6. The molecule has 6 heteroatoms. The quantitative estimate of drug-likeness (QED) is 0.504. The van der Waals surface area contributed by atoms with Crippen LogP contribution in [0.3, 0.4) is 0 Å². The molecule has 2 rings (SSSR count). The van der Waals surface area contributed by atoms with Crippen LogP contribution in [0.1, 0.15) is 55.8 Å². The maximum atomic E-state index is 12.0. The Balaban J connectivity index is 1.86. The second-order valence-electron chi connectivity index (χ2n) is 5.91. The minimum Gasteiger partial charge on any atom is -0.462 e. The largest absolute Gasteiger partial charge is 0.462 e. The van der Waals surface area contributed by atoms with Crippen molar-refractivity contribution in [3.8, 4) is 0 Å². The number of nitrogens with one attached hydrogen (secondary N) is 2. The summed E-state index contributed by atoms with van der Waals surface area (Å²) in [4.78, 5) is 35.5. The normalized spacial score (nSPS) is 15.2. The van der Waals surface area contributed by atoms with Crippen LogP contribution in [-0.2, 0) is 14.3 Å².